The lowest BCUT2D eigenvalue weighted by atomic mass is 9.56. The minimum absolute atomic E-state index is 0.313. The van der Waals surface area contributed by atoms with Crippen LogP contribution in [0.2, 0.25) is 0 Å². The zero-order valence-electron chi connectivity index (χ0n) is 18.0. The van der Waals surface area contributed by atoms with Crippen molar-refractivity contribution < 1.29 is 9.84 Å². The molecule has 2 fully saturated rings. The third kappa shape index (κ3) is 3.16. The molecule has 2 atom stereocenters. The maximum absolute atomic E-state index is 12.4. The molecular formula is C26H29BrN2O2. The molecule has 2 aromatic carbocycles. The molecule has 162 valence electrons. The van der Waals surface area contributed by atoms with Gasteiger partial charge in [-0.2, -0.15) is 0 Å². The number of nitrogens with one attached hydrogen (secondary N) is 1. The summed E-state index contributed by atoms with van der Waals surface area (Å²) in [5.74, 6) is 1.69. The molecule has 0 unspecified atom stereocenters. The van der Waals surface area contributed by atoms with Crippen molar-refractivity contribution in [2.24, 2.45) is 5.92 Å². The molecule has 2 N–H and O–H groups in total. The summed E-state index contributed by atoms with van der Waals surface area (Å²) in [6, 6.07) is 14.8. The van der Waals surface area contributed by atoms with Crippen LogP contribution in [0.1, 0.15) is 36.1 Å². The van der Waals surface area contributed by atoms with Crippen molar-refractivity contribution in [3.8, 4) is 5.75 Å². The van der Waals surface area contributed by atoms with Crippen molar-refractivity contribution in [3.63, 3.8) is 0 Å². The summed E-state index contributed by atoms with van der Waals surface area (Å²) in [4.78, 5) is 6.22. The van der Waals surface area contributed by atoms with Gasteiger partial charge in [0.2, 0.25) is 0 Å². The number of hydrogen-bond donors (Lipinski definition) is 2. The van der Waals surface area contributed by atoms with Crippen LogP contribution in [0, 0.1) is 5.92 Å². The summed E-state index contributed by atoms with van der Waals surface area (Å²) in [6.45, 7) is 2.91. The Balaban J connectivity index is 1.49. The number of H-pyrrole nitrogens is 1. The van der Waals surface area contributed by atoms with Crippen molar-refractivity contribution in [2.75, 3.05) is 26.7 Å². The fourth-order valence-corrected chi connectivity index (χ4v) is 6.51. The molecule has 5 heteroatoms. The minimum Gasteiger partial charge on any atom is -0.497 e. The molecule has 0 bridgehead atoms. The second-order valence-corrected chi connectivity index (χ2v) is 10.8. The van der Waals surface area contributed by atoms with E-state index in [0.717, 1.165) is 54.1 Å². The Morgan fingerprint density at radius 3 is 2.87 bits per heavy atom. The number of rotatable bonds is 4. The van der Waals surface area contributed by atoms with Crippen LogP contribution in [0.3, 0.4) is 0 Å². The van der Waals surface area contributed by atoms with Crippen LogP contribution in [-0.4, -0.2) is 47.3 Å². The number of aromatic amines is 1. The molecule has 3 aromatic rings. The Morgan fingerprint density at radius 2 is 2.06 bits per heavy atom. The molecule has 1 saturated carbocycles. The van der Waals surface area contributed by atoms with E-state index in [1.165, 1.54) is 35.0 Å². The van der Waals surface area contributed by atoms with Gasteiger partial charge in [-0.3, -0.25) is 0 Å². The third-order valence-electron chi connectivity index (χ3n) is 7.97. The Kier molecular flexibility index (Phi) is 4.54. The molecule has 1 aromatic heterocycles. The smallest absolute Gasteiger partial charge is 0.119 e. The molecule has 1 aliphatic heterocycles. The topological polar surface area (TPSA) is 48.5 Å². The summed E-state index contributed by atoms with van der Waals surface area (Å²) < 4.78 is 6.64. The van der Waals surface area contributed by atoms with Gasteiger partial charge < -0.3 is 19.7 Å². The van der Waals surface area contributed by atoms with E-state index < -0.39 is 5.60 Å². The van der Waals surface area contributed by atoms with Crippen LogP contribution in [0.25, 0.3) is 10.9 Å². The molecule has 4 nitrogen and oxygen atoms in total. The Hall–Kier alpha value is -1.82. The number of β-amino-alcohol motifs (C(OH)–C–C–N with tert-alkyl or cyclic N) is 1. The summed E-state index contributed by atoms with van der Waals surface area (Å²) in [6.07, 6.45) is 5.16. The number of fused-ring (bicyclic) bond motifs is 4. The zero-order chi connectivity index (χ0) is 21.2. The van der Waals surface area contributed by atoms with Crippen molar-refractivity contribution in [1.82, 2.24) is 9.88 Å². The molecule has 0 radical (unpaired) electrons. The lowest BCUT2D eigenvalue weighted by molar-refractivity contribution is -0.103. The van der Waals surface area contributed by atoms with Crippen LogP contribution in [0.15, 0.2) is 46.9 Å². The van der Waals surface area contributed by atoms with Gasteiger partial charge in [0.15, 0.2) is 0 Å². The number of nitrogens with zero attached hydrogens (tertiary/aromatic N) is 1. The molecule has 3 aliphatic rings. The van der Waals surface area contributed by atoms with Crippen LogP contribution >= 0.6 is 15.9 Å². The Bertz CT molecular complexity index is 1150. The zero-order valence-corrected chi connectivity index (χ0v) is 19.5. The number of benzene rings is 2. The fourth-order valence-electron chi connectivity index (χ4n) is 6.15. The minimum atomic E-state index is -0.804. The fraction of sp³-hybridized carbons (Fsp3) is 0.462. The third-order valence-corrected chi connectivity index (χ3v) is 8.46. The second-order valence-electron chi connectivity index (χ2n) is 9.90. The van der Waals surface area contributed by atoms with E-state index in [2.05, 4.69) is 62.2 Å². The van der Waals surface area contributed by atoms with E-state index in [9.17, 15) is 5.11 Å². The standard InChI is InChI=1S/C26H29BrN2O2/c1-31-20-4-2-3-18(11-20)25-9-10-29(15-17-5-6-17)16-26(25,30)13-22-21-8-7-19(27)12-23(21)28-24(22)14-25/h2-4,7-8,11-12,17,28,30H,5-6,9-10,13-16H2,1H3/t25-,26-/m0/s1. The summed E-state index contributed by atoms with van der Waals surface area (Å²) in [5, 5.41) is 13.7. The second kappa shape index (κ2) is 7.09. The highest BCUT2D eigenvalue weighted by Gasteiger charge is 2.57. The first-order chi connectivity index (χ1) is 15.0. The van der Waals surface area contributed by atoms with Crippen molar-refractivity contribution in [3.05, 3.63) is 63.8 Å². The first kappa shape index (κ1) is 19.8. The van der Waals surface area contributed by atoms with Crippen LogP contribution in [-0.2, 0) is 18.3 Å². The first-order valence-electron chi connectivity index (χ1n) is 11.4. The molecule has 2 heterocycles. The van der Waals surface area contributed by atoms with Crippen LogP contribution < -0.4 is 4.74 Å². The lowest BCUT2D eigenvalue weighted by Crippen LogP contribution is -2.66. The highest BCUT2D eigenvalue weighted by atomic mass is 79.9. The monoisotopic (exact) mass is 480 g/mol. The van der Waals surface area contributed by atoms with Crippen molar-refractivity contribution in [2.45, 2.75) is 43.1 Å². The molecule has 6 rings (SSSR count). The number of likely N-dealkylation sites (tertiary alicyclic amines) is 1. The number of aromatic nitrogens is 1. The Morgan fingerprint density at radius 1 is 1.19 bits per heavy atom. The molecule has 0 spiro atoms. The van der Waals surface area contributed by atoms with Gasteiger partial charge in [0.05, 0.1) is 12.7 Å². The number of methoxy groups -OCH3 is 1. The van der Waals surface area contributed by atoms with E-state index in [4.69, 9.17) is 4.74 Å². The van der Waals surface area contributed by atoms with E-state index in [1.54, 1.807) is 7.11 Å². The summed E-state index contributed by atoms with van der Waals surface area (Å²) in [5.41, 5.74) is 3.80. The molecular weight excluding hydrogens is 452 g/mol. The van der Waals surface area contributed by atoms with Crippen LogP contribution in [0.4, 0.5) is 0 Å². The molecule has 31 heavy (non-hydrogen) atoms. The molecule has 1 saturated heterocycles. The van der Waals surface area contributed by atoms with Gasteiger partial charge in [-0.25, -0.2) is 0 Å². The first-order valence-corrected chi connectivity index (χ1v) is 12.2. The van der Waals surface area contributed by atoms with Gasteiger partial charge in [0.1, 0.15) is 5.75 Å². The van der Waals surface area contributed by atoms with E-state index >= 15 is 0 Å². The number of hydrogen-bond acceptors (Lipinski definition) is 3. The average Bonchev–Trinajstić information content (AvgIpc) is 3.51. The normalized spacial score (nSPS) is 28.4. The number of piperidine rings is 1. The largest absolute Gasteiger partial charge is 0.497 e. The van der Waals surface area contributed by atoms with Gasteiger partial charge in [-0.15, -0.1) is 0 Å². The van der Waals surface area contributed by atoms with Crippen LogP contribution in [0.5, 0.6) is 5.75 Å². The number of ether oxygens (including phenoxy) is 1. The molecule has 0 amide bonds. The Labute approximate surface area is 191 Å². The summed E-state index contributed by atoms with van der Waals surface area (Å²) >= 11 is 3.61. The quantitative estimate of drug-likeness (QED) is 0.562. The van der Waals surface area contributed by atoms with Crippen molar-refractivity contribution >= 4 is 26.8 Å². The van der Waals surface area contributed by atoms with Gasteiger partial charge in [0.25, 0.3) is 0 Å². The maximum atomic E-state index is 12.4. The SMILES string of the molecule is COc1cccc([C@@]23CCN(CC4CC4)C[C@@]2(O)Cc2c([nH]c4cc(Br)ccc24)C3)c1. The predicted octanol–water partition coefficient (Wildman–Crippen LogP) is 4.82. The van der Waals surface area contributed by atoms with Gasteiger partial charge in [0, 0.05) is 52.4 Å². The number of aliphatic hydroxyl groups is 1. The van der Waals surface area contributed by atoms with E-state index in [0.29, 0.717) is 6.42 Å². The number of halogens is 1. The lowest BCUT2D eigenvalue weighted by Gasteiger charge is -2.56. The predicted molar refractivity (Wildman–Crippen MR) is 127 cm³/mol. The molecule has 2 aliphatic carbocycles. The van der Waals surface area contributed by atoms with E-state index in [-0.39, 0.29) is 5.41 Å². The van der Waals surface area contributed by atoms with Gasteiger partial charge >= 0.3 is 0 Å². The highest BCUT2D eigenvalue weighted by molar-refractivity contribution is 9.10. The summed E-state index contributed by atoms with van der Waals surface area (Å²) in [7, 11) is 1.72. The van der Waals surface area contributed by atoms with Gasteiger partial charge in [-0.05, 0) is 67.1 Å². The van der Waals surface area contributed by atoms with Gasteiger partial charge in [-0.1, -0.05) is 34.1 Å². The van der Waals surface area contributed by atoms with Crippen molar-refractivity contribution in [1.29, 1.82) is 0 Å². The van der Waals surface area contributed by atoms with E-state index in [1.807, 2.05) is 6.07 Å². The highest BCUT2D eigenvalue weighted by Crippen LogP contribution is 2.52. The maximum Gasteiger partial charge on any atom is 0.119 e. The average molecular weight is 481 g/mol.